The molecule has 0 aromatic carbocycles. The van der Waals surface area contributed by atoms with Gasteiger partial charge in [-0.3, -0.25) is 0 Å². The van der Waals surface area contributed by atoms with Gasteiger partial charge in [0.2, 0.25) is 0 Å². The number of halogens is 3. The zero-order valence-electron chi connectivity index (χ0n) is 7.30. The van der Waals surface area contributed by atoms with Crippen molar-refractivity contribution in [3.63, 3.8) is 0 Å². The summed E-state index contributed by atoms with van der Waals surface area (Å²) in [6, 6.07) is 0. The lowest BCUT2D eigenvalue weighted by Crippen LogP contribution is -2.03. The standard InChI is InChI=1S/C8H8F3NO2/c1-14-8-6(9)5(7(10)11)4(3-13)2-12-8/h2,7,13H,3H2,1H3. The van der Waals surface area contributed by atoms with Gasteiger partial charge in [-0.25, -0.2) is 18.2 Å². The van der Waals surface area contributed by atoms with Gasteiger partial charge in [0.05, 0.1) is 19.3 Å². The maximum atomic E-state index is 13.2. The Hall–Kier alpha value is -1.30. The Bertz CT molecular complexity index is 331. The molecule has 0 radical (unpaired) electrons. The largest absolute Gasteiger partial charge is 0.479 e. The monoisotopic (exact) mass is 207 g/mol. The van der Waals surface area contributed by atoms with Crippen molar-refractivity contribution in [2.75, 3.05) is 7.11 Å². The number of aliphatic hydroxyl groups is 1. The van der Waals surface area contributed by atoms with Gasteiger partial charge in [-0.05, 0) is 0 Å². The average Bonchev–Trinajstić information content (AvgIpc) is 2.16. The molecule has 0 aliphatic heterocycles. The van der Waals surface area contributed by atoms with Crippen LogP contribution in [0, 0.1) is 5.82 Å². The van der Waals surface area contributed by atoms with Crippen LogP contribution < -0.4 is 4.74 Å². The van der Waals surface area contributed by atoms with Gasteiger partial charge < -0.3 is 9.84 Å². The first kappa shape index (κ1) is 10.8. The van der Waals surface area contributed by atoms with Gasteiger partial charge in [0.15, 0.2) is 5.82 Å². The molecule has 78 valence electrons. The number of aromatic nitrogens is 1. The Labute approximate surface area is 78.2 Å². The molecule has 1 rings (SSSR count). The Morgan fingerprint density at radius 2 is 2.21 bits per heavy atom. The number of ether oxygens (including phenoxy) is 1. The van der Waals surface area contributed by atoms with Gasteiger partial charge in [-0.2, -0.15) is 0 Å². The lowest BCUT2D eigenvalue weighted by molar-refractivity contribution is 0.140. The van der Waals surface area contributed by atoms with Crippen molar-refractivity contribution in [3.05, 3.63) is 23.1 Å². The van der Waals surface area contributed by atoms with Crippen LogP contribution in [0.2, 0.25) is 0 Å². The molecule has 0 aliphatic rings. The van der Waals surface area contributed by atoms with Crippen LogP contribution in [-0.2, 0) is 6.61 Å². The van der Waals surface area contributed by atoms with Gasteiger partial charge >= 0.3 is 0 Å². The van der Waals surface area contributed by atoms with Crippen LogP contribution in [0.4, 0.5) is 13.2 Å². The zero-order chi connectivity index (χ0) is 10.7. The highest BCUT2D eigenvalue weighted by Gasteiger charge is 2.22. The van der Waals surface area contributed by atoms with E-state index in [2.05, 4.69) is 9.72 Å². The highest BCUT2D eigenvalue weighted by atomic mass is 19.3. The second kappa shape index (κ2) is 4.28. The summed E-state index contributed by atoms with van der Waals surface area (Å²) in [6.45, 7) is -0.687. The van der Waals surface area contributed by atoms with Crippen molar-refractivity contribution in [2.24, 2.45) is 0 Å². The normalized spacial score (nSPS) is 10.7. The lowest BCUT2D eigenvalue weighted by Gasteiger charge is -2.09. The second-order valence-electron chi connectivity index (χ2n) is 2.48. The summed E-state index contributed by atoms with van der Waals surface area (Å²) in [5.74, 6) is -1.73. The number of alkyl halides is 2. The van der Waals surface area contributed by atoms with Gasteiger partial charge in [-0.1, -0.05) is 0 Å². The lowest BCUT2D eigenvalue weighted by atomic mass is 10.1. The molecule has 1 N–H and O–H groups in total. The van der Waals surface area contributed by atoms with Crippen molar-refractivity contribution in [1.82, 2.24) is 4.98 Å². The molecular formula is C8H8F3NO2. The van der Waals surface area contributed by atoms with Crippen molar-refractivity contribution in [1.29, 1.82) is 0 Å². The molecule has 1 heterocycles. The van der Waals surface area contributed by atoms with Crippen molar-refractivity contribution >= 4 is 0 Å². The fraction of sp³-hybridized carbons (Fsp3) is 0.375. The quantitative estimate of drug-likeness (QED) is 0.819. The third-order valence-electron chi connectivity index (χ3n) is 1.69. The van der Waals surface area contributed by atoms with Crippen molar-refractivity contribution < 1.29 is 23.0 Å². The first-order valence-electron chi connectivity index (χ1n) is 3.72. The first-order valence-corrected chi connectivity index (χ1v) is 3.72. The van der Waals surface area contributed by atoms with Crippen LogP contribution in [0.15, 0.2) is 6.20 Å². The van der Waals surface area contributed by atoms with E-state index in [1.54, 1.807) is 0 Å². The molecule has 14 heavy (non-hydrogen) atoms. The molecule has 0 atom stereocenters. The van der Waals surface area contributed by atoms with E-state index in [0.29, 0.717) is 0 Å². The molecular weight excluding hydrogens is 199 g/mol. The summed E-state index contributed by atoms with van der Waals surface area (Å²) in [5, 5.41) is 8.67. The molecule has 0 spiro atoms. The Kier molecular flexibility index (Phi) is 3.29. The summed E-state index contributed by atoms with van der Waals surface area (Å²) in [7, 11) is 1.12. The number of aliphatic hydroxyl groups excluding tert-OH is 1. The van der Waals surface area contributed by atoms with Crippen molar-refractivity contribution in [3.8, 4) is 5.88 Å². The highest BCUT2D eigenvalue weighted by molar-refractivity contribution is 5.32. The van der Waals surface area contributed by atoms with E-state index in [1.165, 1.54) is 0 Å². The fourth-order valence-electron chi connectivity index (χ4n) is 1.02. The Morgan fingerprint density at radius 1 is 1.57 bits per heavy atom. The van der Waals surface area contributed by atoms with E-state index in [1.807, 2.05) is 0 Å². The number of rotatable bonds is 3. The van der Waals surface area contributed by atoms with Crippen LogP contribution in [-0.4, -0.2) is 17.2 Å². The number of hydrogen-bond donors (Lipinski definition) is 1. The summed E-state index contributed by atoms with van der Waals surface area (Å²) in [4.78, 5) is 3.42. The van der Waals surface area contributed by atoms with E-state index in [-0.39, 0.29) is 5.56 Å². The molecule has 0 amide bonds. The molecule has 0 fully saturated rings. The third kappa shape index (κ3) is 1.79. The van der Waals surface area contributed by atoms with Crippen LogP contribution in [0.5, 0.6) is 5.88 Å². The van der Waals surface area contributed by atoms with Gasteiger partial charge in [0.1, 0.15) is 0 Å². The molecule has 1 aromatic heterocycles. The van der Waals surface area contributed by atoms with Crippen LogP contribution >= 0.6 is 0 Å². The van der Waals surface area contributed by atoms with E-state index >= 15 is 0 Å². The average molecular weight is 207 g/mol. The first-order chi connectivity index (χ1) is 6.61. The summed E-state index contributed by atoms with van der Waals surface area (Å²) in [6.07, 6.45) is -2.04. The smallest absolute Gasteiger partial charge is 0.267 e. The maximum Gasteiger partial charge on any atom is 0.267 e. The molecule has 0 aliphatic carbocycles. The predicted molar refractivity (Wildman–Crippen MR) is 41.6 cm³/mol. The summed E-state index contributed by atoms with van der Waals surface area (Å²) < 4.78 is 42.3. The minimum Gasteiger partial charge on any atom is -0.479 e. The fourth-order valence-corrected chi connectivity index (χ4v) is 1.02. The minimum absolute atomic E-state index is 0.238. The maximum absolute atomic E-state index is 13.2. The number of methoxy groups -OCH3 is 1. The Balaban J connectivity index is 3.31. The minimum atomic E-state index is -3.01. The highest BCUT2D eigenvalue weighted by Crippen LogP contribution is 2.29. The predicted octanol–water partition coefficient (Wildman–Crippen LogP) is 1.66. The second-order valence-corrected chi connectivity index (χ2v) is 2.48. The molecule has 0 bridgehead atoms. The van der Waals surface area contributed by atoms with Crippen LogP contribution in [0.25, 0.3) is 0 Å². The summed E-state index contributed by atoms with van der Waals surface area (Å²) in [5.41, 5.74) is -1.10. The van der Waals surface area contributed by atoms with Gasteiger partial charge in [0.25, 0.3) is 12.3 Å². The van der Waals surface area contributed by atoms with Crippen LogP contribution in [0.1, 0.15) is 17.6 Å². The summed E-state index contributed by atoms with van der Waals surface area (Å²) >= 11 is 0. The molecule has 0 saturated carbocycles. The van der Waals surface area contributed by atoms with Gasteiger partial charge in [-0.15, -0.1) is 0 Å². The van der Waals surface area contributed by atoms with E-state index in [0.717, 1.165) is 13.3 Å². The number of hydrogen-bond acceptors (Lipinski definition) is 3. The number of nitrogens with zero attached hydrogens (tertiary/aromatic N) is 1. The zero-order valence-corrected chi connectivity index (χ0v) is 7.30. The number of pyridine rings is 1. The van der Waals surface area contributed by atoms with Crippen LogP contribution in [0.3, 0.4) is 0 Å². The topological polar surface area (TPSA) is 42.4 Å². The molecule has 1 aromatic rings. The SMILES string of the molecule is COc1ncc(CO)c(C(F)F)c1F. The van der Waals surface area contributed by atoms with E-state index in [4.69, 9.17) is 5.11 Å². The molecule has 0 unspecified atom stereocenters. The molecule has 6 heteroatoms. The van der Waals surface area contributed by atoms with Gasteiger partial charge in [0, 0.05) is 11.8 Å². The van der Waals surface area contributed by atoms with Crippen molar-refractivity contribution in [2.45, 2.75) is 13.0 Å². The van der Waals surface area contributed by atoms with E-state index in [9.17, 15) is 13.2 Å². The third-order valence-corrected chi connectivity index (χ3v) is 1.69. The van der Waals surface area contributed by atoms with E-state index < -0.39 is 30.3 Å². The molecule has 0 saturated heterocycles. The Morgan fingerprint density at radius 3 is 2.64 bits per heavy atom. The molecule has 3 nitrogen and oxygen atoms in total.